The summed E-state index contributed by atoms with van der Waals surface area (Å²) in [7, 11) is -2.91. The Morgan fingerprint density at radius 3 is 2.63 bits per heavy atom. The summed E-state index contributed by atoms with van der Waals surface area (Å²) >= 11 is 0. The Hall–Kier alpha value is -0.870. The summed E-state index contributed by atoms with van der Waals surface area (Å²) in [5, 5.41) is -0.187. The van der Waals surface area contributed by atoms with Crippen LogP contribution in [0.25, 0.3) is 0 Å². The highest BCUT2D eigenvalue weighted by Gasteiger charge is 2.27. The van der Waals surface area contributed by atoms with Crippen LogP contribution in [0.2, 0.25) is 0 Å². The van der Waals surface area contributed by atoms with E-state index >= 15 is 0 Å². The SMILES string of the molecule is Cc1ccc(CN2CCC[C@H](S(C)(=O)=O)C2)cc1C. The van der Waals surface area contributed by atoms with Crippen LogP contribution in [0.3, 0.4) is 0 Å². The van der Waals surface area contributed by atoms with Gasteiger partial charge in [0.25, 0.3) is 0 Å². The van der Waals surface area contributed by atoms with Gasteiger partial charge in [-0.15, -0.1) is 0 Å². The highest BCUT2D eigenvalue weighted by Crippen LogP contribution is 2.19. The molecule has 1 aliphatic rings. The molecule has 1 aromatic carbocycles. The zero-order chi connectivity index (χ0) is 14.0. The lowest BCUT2D eigenvalue weighted by Crippen LogP contribution is -2.41. The molecule has 2 rings (SSSR count). The minimum absolute atomic E-state index is 0.187. The van der Waals surface area contributed by atoms with Gasteiger partial charge in [0.15, 0.2) is 9.84 Å². The molecule has 3 nitrogen and oxygen atoms in total. The number of aryl methyl sites for hydroxylation is 2. The monoisotopic (exact) mass is 281 g/mol. The van der Waals surface area contributed by atoms with Gasteiger partial charge in [0.05, 0.1) is 5.25 Å². The van der Waals surface area contributed by atoms with Crippen LogP contribution < -0.4 is 0 Å². The van der Waals surface area contributed by atoms with Gasteiger partial charge in [-0.1, -0.05) is 18.2 Å². The molecule has 19 heavy (non-hydrogen) atoms. The maximum atomic E-state index is 11.7. The molecule has 0 unspecified atom stereocenters. The fourth-order valence-electron chi connectivity index (χ4n) is 2.67. The van der Waals surface area contributed by atoms with Gasteiger partial charge in [-0.25, -0.2) is 8.42 Å². The van der Waals surface area contributed by atoms with Gasteiger partial charge in [0, 0.05) is 19.3 Å². The summed E-state index contributed by atoms with van der Waals surface area (Å²) in [5.74, 6) is 0. The molecule has 0 N–H and O–H groups in total. The Bertz CT molecular complexity index is 551. The number of piperidine rings is 1. The molecule has 1 heterocycles. The molecule has 1 aliphatic heterocycles. The van der Waals surface area contributed by atoms with Crippen molar-refractivity contribution in [1.82, 2.24) is 4.90 Å². The fourth-order valence-corrected chi connectivity index (χ4v) is 3.74. The zero-order valence-corrected chi connectivity index (χ0v) is 12.8. The fraction of sp³-hybridized carbons (Fsp3) is 0.600. The normalized spacial score (nSPS) is 21.5. The topological polar surface area (TPSA) is 37.4 Å². The quantitative estimate of drug-likeness (QED) is 0.853. The number of hydrogen-bond acceptors (Lipinski definition) is 3. The van der Waals surface area contributed by atoms with Crippen molar-refractivity contribution in [2.45, 2.75) is 38.5 Å². The van der Waals surface area contributed by atoms with Gasteiger partial charge in [0.1, 0.15) is 0 Å². The highest BCUT2D eigenvalue weighted by molar-refractivity contribution is 7.91. The Morgan fingerprint density at radius 1 is 1.26 bits per heavy atom. The predicted octanol–water partition coefficient (Wildman–Crippen LogP) is 2.31. The van der Waals surface area contributed by atoms with E-state index in [1.54, 1.807) is 0 Å². The maximum Gasteiger partial charge on any atom is 0.151 e. The van der Waals surface area contributed by atoms with Crippen molar-refractivity contribution in [2.75, 3.05) is 19.3 Å². The van der Waals surface area contributed by atoms with Crippen LogP contribution in [-0.4, -0.2) is 37.9 Å². The lowest BCUT2D eigenvalue weighted by atomic mass is 10.0. The van der Waals surface area contributed by atoms with Crippen LogP contribution in [0.15, 0.2) is 18.2 Å². The minimum Gasteiger partial charge on any atom is -0.298 e. The summed E-state index contributed by atoms with van der Waals surface area (Å²) in [5.41, 5.74) is 3.88. The third kappa shape index (κ3) is 3.80. The lowest BCUT2D eigenvalue weighted by molar-refractivity contribution is 0.222. The first-order chi connectivity index (χ1) is 8.86. The second kappa shape index (κ2) is 5.63. The molecule has 4 heteroatoms. The average Bonchev–Trinajstić information content (AvgIpc) is 2.33. The molecular formula is C15H23NO2S. The van der Waals surface area contributed by atoms with E-state index in [0.717, 1.165) is 25.9 Å². The Labute approximate surface area is 116 Å². The molecule has 0 saturated carbocycles. The first-order valence-electron chi connectivity index (χ1n) is 6.83. The van der Waals surface area contributed by atoms with Gasteiger partial charge >= 0.3 is 0 Å². The minimum atomic E-state index is -2.91. The third-order valence-electron chi connectivity index (χ3n) is 4.05. The van der Waals surface area contributed by atoms with Crippen molar-refractivity contribution < 1.29 is 8.42 Å². The number of benzene rings is 1. The van der Waals surface area contributed by atoms with E-state index in [1.165, 1.54) is 22.9 Å². The number of hydrogen-bond donors (Lipinski definition) is 0. The average molecular weight is 281 g/mol. The molecule has 1 aromatic rings. The van der Waals surface area contributed by atoms with E-state index in [2.05, 4.69) is 36.9 Å². The van der Waals surface area contributed by atoms with Crippen molar-refractivity contribution in [1.29, 1.82) is 0 Å². The Kier molecular flexibility index (Phi) is 4.31. The van der Waals surface area contributed by atoms with Gasteiger partial charge in [-0.2, -0.15) is 0 Å². The van der Waals surface area contributed by atoms with Crippen LogP contribution >= 0.6 is 0 Å². The Balaban J connectivity index is 2.04. The standard InChI is InChI=1S/C15H23NO2S/c1-12-6-7-14(9-13(12)2)10-16-8-4-5-15(11-16)19(3,17)18/h6-7,9,15H,4-5,8,10-11H2,1-3H3/t15-/m0/s1. The molecule has 1 atom stereocenters. The highest BCUT2D eigenvalue weighted by atomic mass is 32.2. The number of rotatable bonds is 3. The lowest BCUT2D eigenvalue weighted by Gasteiger charge is -2.31. The molecular weight excluding hydrogens is 258 g/mol. The van der Waals surface area contributed by atoms with Crippen LogP contribution in [-0.2, 0) is 16.4 Å². The Morgan fingerprint density at radius 2 is 2.00 bits per heavy atom. The molecule has 0 bridgehead atoms. The third-order valence-corrected chi connectivity index (χ3v) is 5.64. The van der Waals surface area contributed by atoms with Crippen LogP contribution in [0.4, 0.5) is 0 Å². The largest absolute Gasteiger partial charge is 0.298 e. The first kappa shape index (κ1) is 14.5. The van der Waals surface area contributed by atoms with E-state index in [-0.39, 0.29) is 5.25 Å². The molecule has 0 aliphatic carbocycles. The molecule has 1 saturated heterocycles. The van der Waals surface area contributed by atoms with Crippen LogP contribution in [0.5, 0.6) is 0 Å². The summed E-state index contributed by atoms with van der Waals surface area (Å²) in [6.07, 6.45) is 3.14. The van der Waals surface area contributed by atoms with Gasteiger partial charge in [-0.3, -0.25) is 4.90 Å². The molecule has 1 fully saturated rings. The van der Waals surface area contributed by atoms with E-state index < -0.39 is 9.84 Å². The van der Waals surface area contributed by atoms with E-state index in [0.29, 0.717) is 6.54 Å². The van der Waals surface area contributed by atoms with E-state index in [4.69, 9.17) is 0 Å². The second-order valence-corrected chi connectivity index (χ2v) is 8.07. The maximum absolute atomic E-state index is 11.7. The summed E-state index contributed by atoms with van der Waals surface area (Å²) in [6.45, 7) is 6.76. The molecule has 0 amide bonds. The predicted molar refractivity (Wildman–Crippen MR) is 79.1 cm³/mol. The van der Waals surface area contributed by atoms with Crippen molar-refractivity contribution in [2.24, 2.45) is 0 Å². The van der Waals surface area contributed by atoms with E-state index in [9.17, 15) is 8.42 Å². The summed E-state index contributed by atoms with van der Waals surface area (Å²) < 4.78 is 23.3. The zero-order valence-electron chi connectivity index (χ0n) is 12.0. The number of likely N-dealkylation sites (tertiary alicyclic amines) is 1. The summed E-state index contributed by atoms with van der Waals surface area (Å²) in [4.78, 5) is 2.26. The molecule has 0 aromatic heterocycles. The van der Waals surface area contributed by atoms with Gasteiger partial charge < -0.3 is 0 Å². The number of nitrogens with zero attached hydrogens (tertiary/aromatic N) is 1. The smallest absolute Gasteiger partial charge is 0.151 e. The molecule has 0 spiro atoms. The first-order valence-corrected chi connectivity index (χ1v) is 8.79. The van der Waals surface area contributed by atoms with E-state index in [1.807, 2.05) is 0 Å². The van der Waals surface area contributed by atoms with Crippen molar-refractivity contribution in [3.8, 4) is 0 Å². The summed E-state index contributed by atoms with van der Waals surface area (Å²) in [6, 6.07) is 6.49. The van der Waals surface area contributed by atoms with Gasteiger partial charge in [-0.05, 0) is 49.9 Å². The van der Waals surface area contributed by atoms with Crippen LogP contribution in [0, 0.1) is 13.8 Å². The van der Waals surface area contributed by atoms with Gasteiger partial charge in [0.2, 0.25) is 0 Å². The molecule has 106 valence electrons. The van der Waals surface area contributed by atoms with Crippen LogP contribution in [0.1, 0.15) is 29.5 Å². The van der Waals surface area contributed by atoms with Crippen molar-refractivity contribution in [3.05, 3.63) is 34.9 Å². The second-order valence-electron chi connectivity index (χ2n) is 5.75. The van der Waals surface area contributed by atoms with Crippen molar-refractivity contribution in [3.63, 3.8) is 0 Å². The molecule has 0 radical (unpaired) electrons. The van der Waals surface area contributed by atoms with Crippen molar-refractivity contribution >= 4 is 9.84 Å². The number of sulfone groups is 1.